The number of H-pyrrole nitrogens is 1. The lowest BCUT2D eigenvalue weighted by atomic mass is 10.0. The van der Waals surface area contributed by atoms with E-state index in [0.717, 1.165) is 33.3 Å². The first kappa shape index (κ1) is 16.7. The SMILES string of the molecule is Cc1cc(C)c2[nH]c(C)c(CC(=O)NNC(=O)c3cccnc3)c2c1. The second-order valence-corrected chi connectivity index (χ2v) is 6.15. The maximum Gasteiger partial charge on any atom is 0.271 e. The molecule has 2 heterocycles. The standard InChI is InChI=1S/C19H20N4O2/c1-11-7-12(2)18-16(8-11)15(13(3)21-18)9-17(24)22-23-19(25)14-5-4-6-20-10-14/h4-8,10,21H,9H2,1-3H3,(H,22,24)(H,23,25). The molecule has 25 heavy (non-hydrogen) atoms. The number of pyridine rings is 1. The summed E-state index contributed by atoms with van der Waals surface area (Å²) in [6.45, 7) is 6.03. The third kappa shape index (κ3) is 3.52. The first-order chi connectivity index (χ1) is 12.0. The Morgan fingerprint density at radius 1 is 1.16 bits per heavy atom. The monoisotopic (exact) mass is 336 g/mol. The Morgan fingerprint density at radius 3 is 2.68 bits per heavy atom. The zero-order valence-electron chi connectivity index (χ0n) is 14.4. The Kier molecular flexibility index (Phi) is 4.52. The Hall–Kier alpha value is -3.15. The van der Waals surface area contributed by atoms with Gasteiger partial charge in [-0.05, 0) is 50.1 Å². The zero-order chi connectivity index (χ0) is 18.0. The van der Waals surface area contributed by atoms with Crippen molar-refractivity contribution in [3.8, 4) is 0 Å². The van der Waals surface area contributed by atoms with Gasteiger partial charge in [-0.2, -0.15) is 0 Å². The van der Waals surface area contributed by atoms with E-state index < -0.39 is 5.91 Å². The summed E-state index contributed by atoms with van der Waals surface area (Å²) in [7, 11) is 0. The third-order valence-electron chi connectivity index (χ3n) is 4.15. The highest BCUT2D eigenvalue weighted by molar-refractivity contribution is 5.96. The van der Waals surface area contributed by atoms with Crippen LogP contribution in [0.3, 0.4) is 0 Å². The van der Waals surface area contributed by atoms with Crippen molar-refractivity contribution in [3.63, 3.8) is 0 Å². The van der Waals surface area contributed by atoms with Crippen molar-refractivity contribution in [3.05, 3.63) is 64.6 Å². The fourth-order valence-corrected chi connectivity index (χ4v) is 2.96. The number of amides is 2. The fourth-order valence-electron chi connectivity index (χ4n) is 2.96. The van der Waals surface area contributed by atoms with Gasteiger partial charge >= 0.3 is 0 Å². The van der Waals surface area contributed by atoms with Crippen LogP contribution in [0.1, 0.15) is 32.7 Å². The van der Waals surface area contributed by atoms with Crippen molar-refractivity contribution >= 4 is 22.7 Å². The van der Waals surface area contributed by atoms with Crippen LogP contribution in [0.2, 0.25) is 0 Å². The van der Waals surface area contributed by atoms with E-state index in [-0.39, 0.29) is 12.3 Å². The number of aromatic amines is 1. The summed E-state index contributed by atoms with van der Waals surface area (Å²) in [5.74, 6) is -0.677. The second kappa shape index (κ2) is 6.76. The summed E-state index contributed by atoms with van der Waals surface area (Å²) in [6.07, 6.45) is 3.21. The van der Waals surface area contributed by atoms with Crippen molar-refractivity contribution in [1.29, 1.82) is 0 Å². The molecule has 0 aliphatic rings. The normalized spacial score (nSPS) is 10.7. The lowest BCUT2D eigenvalue weighted by Crippen LogP contribution is -2.42. The smallest absolute Gasteiger partial charge is 0.271 e. The predicted molar refractivity (Wildman–Crippen MR) is 96.1 cm³/mol. The molecule has 128 valence electrons. The van der Waals surface area contributed by atoms with Gasteiger partial charge in [0.1, 0.15) is 0 Å². The van der Waals surface area contributed by atoms with E-state index >= 15 is 0 Å². The molecule has 0 saturated heterocycles. The van der Waals surface area contributed by atoms with Gasteiger partial charge in [-0.3, -0.25) is 25.4 Å². The Labute approximate surface area is 145 Å². The van der Waals surface area contributed by atoms with E-state index in [1.165, 1.54) is 6.20 Å². The summed E-state index contributed by atoms with van der Waals surface area (Å²) in [5.41, 5.74) is 10.5. The minimum absolute atomic E-state index is 0.183. The number of carbonyl (C=O) groups excluding carboxylic acids is 2. The number of nitrogens with one attached hydrogen (secondary N) is 3. The van der Waals surface area contributed by atoms with E-state index in [1.54, 1.807) is 18.3 Å². The molecule has 0 aliphatic heterocycles. The van der Waals surface area contributed by atoms with Crippen LogP contribution in [0.15, 0.2) is 36.7 Å². The van der Waals surface area contributed by atoms with Crippen LogP contribution in [-0.2, 0) is 11.2 Å². The second-order valence-electron chi connectivity index (χ2n) is 6.15. The fraction of sp³-hybridized carbons (Fsp3) is 0.211. The van der Waals surface area contributed by atoms with Crippen LogP contribution in [0.25, 0.3) is 10.9 Å². The molecule has 0 saturated carbocycles. The Morgan fingerprint density at radius 2 is 1.96 bits per heavy atom. The molecule has 1 aromatic carbocycles. The molecule has 0 aliphatic carbocycles. The highest BCUT2D eigenvalue weighted by Crippen LogP contribution is 2.26. The minimum atomic E-state index is -0.399. The molecule has 6 nitrogen and oxygen atoms in total. The van der Waals surface area contributed by atoms with Gasteiger partial charge in [-0.25, -0.2) is 0 Å². The highest BCUT2D eigenvalue weighted by Gasteiger charge is 2.15. The molecule has 3 N–H and O–H groups in total. The number of carbonyl (C=O) groups is 2. The van der Waals surface area contributed by atoms with Gasteiger partial charge < -0.3 is 4.98 Å². The maximum atomic E-state index is 12.3. The molecular formula is C19H20N4O2. The van der Waals surface area contributed by atoms with Crippen molar-refractivity contribution in [2.75, 3.05) is 0 Å². The van der Waals surface area contributed by atoms with Crippen molar-refractivity contribution < 1.29 is 9.59 Å². The summed E-state index contributed by atoms with van der Waals surface area (Å²) < 4.78 is 0. The molecule has 3 rings (SSSR count). The van der Waals surface area contributed by atoms with Crippen molar-refractivity contribution in [1.82, 2.24) is 20.8 Å². The predicted octanol–water partition coefficient (Wildman–Crippen LogP) is 2.49. The molecule has 0 fully saturated rings. The number of aromatic nitrogens is 2. The van der Waals surface area contributed by atoms with Gasteiger partial charge in [-0.15, -0.1) is 0 Å². The van der Waals surface area contributed by atoms with Crippen LogP contribution in [0, 0.1) is 20.8 Å². The number of fused-ring (bicyclic) bond motifs is 1. The van der Waals surface area contributed by atoms with Crippen LogP contribution < -0.4 is 10.9 Å². The maximum absolute atomic E-state index is 12.3. The highest BCUT2D eigenvalue weighted by atomic mass is 16.2. The summed E-state index contributed by atoms with van der Waals surface area (Å²) in [5, 5.41) is 1.05. The average Bonchev–Trinajstić information content (AvgIpc) is 2.90. The van der Waals surface area contributed by atoms with Gasteiger partial charge in [0, 0.05) is 29.0 Å². The van der Waals surface area contributed by atoms with Crippen molar-refractivity contribution in [2.45, 2.75) is 27.2 Å². The summed E-state index contributed by atoms with van der Waals surface area (Å²) >= 11 is 0. The lowest BCUT2D eigenvalue weighted by Gasteiger charge is -2.08. The average molecular weight is 336 g/mol. The lowest BCUT2D eigenvalue weighted by molar-refractivity contribution is -0.121. The van der Waals surface area contributed by atoms with Crippen molar-refractivity contribution in [2.24, 2.45) is 0 Å². The number of hydrazine groups is 1. The minimum Gasteiger partial charge on any atom is -0.358 e. The number of hydrogen-bond donors (Lipinski definition) is 3. The number of rotatable bonds is 3. The number of benzene rings is 1. The molecule has 0 atom stereocenters. The molecule has 0 bridgehead atoms. The molecule has 0 radical (unpaired) electrons. The topological polar surface area (TPSA) is 86.9 Å². The summed E-state index contributed by atoms with van der Waals surface area (Å²) in [6, 6.07) is 7.47. The van der Waals surface area contributed by atoms with Gasteiger partial charge in [-0.1, -0.05) is 11.6 Å². The van der Waals surface area contributed by atoms with E-state index in [0.29, 0.717) is 5.56 Å². The Bertz CT molecular complexity index is 945. The molecule has 0 spiro atoms. The Balaban J connectivity index is 1.72. The van der Waals surface area contributed by atoms with E-state index in [1.807, 2.05) is 20.8 Å². The van der Waals surface area contributed by atoms with E-state index in [4.69, 9.17) is 0 Å². The number of hydrogen-bond acceptors (Lipinski definition) is 3. The molecule has 2 aromatic heterocycles. The quantitative estimate of drug-likeness (QED) is 0.642. The van der Waals surface area contributed by atoms with Gasteiger partial charge in [0.05, 0.1) is 12.0 Å². The first-order valence-electron chi connectivity index (χ1n) is 8.03. The van der Waals surface area contributed by atoms with E-state index in [9.17, 15) is 9.59 Å². The van der Waals surface area contributed by atoms with Crippen LogP contribution >= 0.6 is 0 Å². The van der Waals surface area contributed by atoms with E-state index in [2.05, 4.69) is 33.0 Å². The zero-order valence-corrected chi connectivity index (χ0v) is 14.4. The molecule has 0 unspecified atom stereocenters. The van der Waals surface area contributed by atoms with Gasteiger partial charge in [0.25, 0.3) is 5.91 Å². The van der Waals surface area contributed by atoms with Gasteiger partial charge in [0.2, 0.25) is 5.91 Å². The first-order valence-corrected chi connectivity index (χ1v) is 8.03. The third-order valence-corrected chi connectivity index (χ3v) is 4.15. The molecular weight excluding hydrogens is 316 g/mol. The van der Waals surface area contributed by atoms with Crippen LogP contribution in [0.4, 0.5) is 0 Å². The van der Waals surface area contributed by atoms with Crippen LogP contribution in [-0.4, -0.2) is 21.8 Å². The molecule has 6 heteroatoms. The summed E-state index contributed by atoms with van der Waals surface area (Å²) in [4.78, 5) is 31.4. The van der Waals surface area contributed by atoms with Gasteiger partial charge in [0.15, 0.2) is 0 Å². The van der Waals surface area contributed by atoms with Crippen LogP contribution in [0.5, 0.6) is 0 Å². The largest absolute Gasteiger partial charge is 0.358 e. The molecule has 3 aromatic rings. The number of aryl methyl sites for hydroxylation is 3. The molecule has 2 amide bonds. The number of nitrogens with zero attached hydrogens (tertiary/aromatic N) is 1.